The first kappa shape index (κ1) is 12.0. The van der Waals surface area contributed by atoms with Crippen LogP contribution in [-0.2, 0) is 12.8 Å². The topological polar surface area (TPSA) is 46.2 Å². The molecule has 88 valence electrons. The number of aliphatic hydroxyl groups is 1. The highest BCUT2D eigenvalue weighted by Crippen LogP contribution is 2.30. The molecule has 0 spiro atoms. The summed E-state index contributed by atoms with van der Waals surface area (Å²) in [7, 11) is 0. The molecule has 1 aliphatic carbocycles. The molecule has 2 atom stereocenters. The number of aliphatic hydroxyl groups excluding tert-OH is 1. The number of hydrogen-bond acceptors (Lipinski definition) is 3. The molecule has 1 aromatic carbocycles. The predicted octanol–water partition coefficient (Wildman–Crippen LogP) is 1.98. The summed E-state index contributed by atoms with van der Waals surface area (Å²) >= 11 is 1.69. The number of rotatable bonds is 4. The van der Waals surface area contributed by atoms with E-state index < -0.39 is 0 Å². The van der Waals surface area contributed by atoms with E-state index in [1.54, 1.807) is 11.8 Å². The second kappa shape index (κ2) is 5.21. The molecule has 1 aliphatic rings. The smallest absolute Gasteiger partial charge is 0.0568 e. The van der Waals surface area contributed by atoms with Crippen molar-refractivity contribution in [3.63, 3.8) is 0 Å². The van der Waals surface area contributed by atoms with Gasteiger partial charge in [0.05, 0.1) is 6.61 Å². The van der Waals surface area contributed by atoms with Crippen LogP contribution < -0.4 is 5.73 Å². The van der Waals surface area contributed by atoms with Gasteiger partial charge in [0, 0.05) is 16.2 Å². The first-order chi connectivity index (χ1) is 7.70. The third kappa shape index (κ3) is 2.59. The highest BCUT2D eigenvalue weighted by atomic mass is 32.2. The Morgan fingerprint density at radius 3 is 2.81 bits per heavy atom. The molecule has 0 amide bonds. The van der Waals surface area contributed by atoms with Crippen molar-refractivity contribution in [2.45, 2.75) is 42.4 Å². The molecular formula is C13H19NOS. The highest BCUT2D eigenvalue weighted by molar-refractivity contribution is 8.00. The summed E-state index contributed by atoms with van der Waals surface area (Å²) in [6.07, 6.45) is 3.70. The van der Waals surface area contributed by atoms with Gasteiger partial charge in [0.25, 0.3) is 0 Å². The Labute approximate surface area is 101 Å². The van der Waals surface area contributed by atoms with Crippen LogP contribution in [0.2, 0.25) is 0 Å². The molecule has 0 heterocycles. The fourth-order valence-electron chi connectivity index (χ4n) is 2.11. The SMILES string of the molecule is CC(N)C(CO)Sc1ccc2c(c1)CCC2. The predicted molar refractivity (Wildman–Crippen MR) is 68.8 cm³/mol. The van der Waals surface area contributed by atoms with E-state index in [4.69, 9.17) is 5.73 Å². The lowest BCUT2D eigenvalue weighted by atomic mass is 10.1. The summed E-state index contributed by atoms with van der Waals surface area (Å²) in [6, 6.07) is 6.65. The quantitative estimate of drug-likeness (QED) is 0.787. The van der Waals surface area contributed by atoms with Gasteiger partial charge in [-0.25, -0.2) is 0 Å². The van der Waals surface area contributed by atoms with Gasteiger partial charge in [-0.1, -0.05) is 6.07 Å². The fraction of sp³-hybridized carbons (Fsp3) is 0.538. The summed E-state index contributed by atoms with van der Waals surface area (Å²) in [4.78, 5) is 1.23. The number of benzene rings is 1. The van der Waals surface area contributed by atoms with Gasteiger partial charge < -0.3 is 10.8 Å². The summed E-state index contributed by atoms with van der Waals surface area (Å²) in [5.41, 5.74) is 8.80. The van der Waals surface area contributed by atoms with Crippen molar-refractivity contribution in [1.82, 2.24) is 0 Å². The van der Waals surface area contributed by atoms with Crippen LogP contribution in [-0.4, -0.2) is 23.0 Å². The van der Waals surface area contributed by atoms with Gasteiger partial charge in [0.2, 0.25) is 0 Å². The first-order valence-electron chi connectivity index (χ1n) is 5.85. The second-order valence-corrected chi connectivity index (χ2v) is 5.79. The molecule has 0 saturated heterocycles. The molecule has 2 nitrogen and oxygen atoms in total. The number of thioether (sulfide) groups is 1. The normalized spacial score (nSPS) is 18.2. The largest absolute Gasteiger partial charge is 0.395 e. The molecule has 0 aliphatic heterocycles. The lowest BCUT2D eigenvalue weighted by molar-refractivity contribution is 0.285. The van der Waals surface area contributed by atoms with Crippen LogP contribution in [0.5, 0.6) is 0 Å². The van der Waals surface area contributed by atoms with E-state index in [9.17, 15) is 5.11 Å². The molecule has 3 heteroatoms. The van der Waals surface area contributed by atoms with Gasteiger partial charge in [-0.3, -0.25) is 0 Å². The van der Waals surface area contributed by atoms with Gasteiger partial charge in [0.15, 0.2) is 0 Å². The maximum Gasteiger partial charge on any atom is 0.0568 e. The maximum absolute atomic E-state index is 9.25. The van der Waals surface area contributed by atoms with Crippen LogP contribution in [0.1, 0.15) is 24.5 Å². The Kier molecular flexibility index (Phi) is 3.90. The summed E-state index contributed by atoms with van der Waals surface area (Å²) < 4.78 is 0. The van der Waals surface area contributed by atoms with Crippen molar-refractivity contribution in [3.05, 3.63) is 29.3 Å². The van der Waals surface area contributed by atoms with E-state index in [2.05, 4.69) is 18.2 Å². The van der Waals surface area contributed by atoms with E-state index in [1.165, 1.54) is 35.3 Å². The average molecular weight is 237 g/mol. The molecule has 3 N–H and O–H groups in total. The zero-order valence-electron chi connectivity index (χ0n) is 9.65. The standard InChI is InChI=1S/C13H19NOS/c1-9(14)13(8-15)16-12-6-5-10-3-2-4-11(10)7-12/h5-7,9,13,15H,2-4,8,14H2,1H3. The molecule has 0 radical (unpaired) electrons. The Balaban J connectivity index is 2.10. The van der Waals surface area contributed by atoms with Crippen molar-refractivity contribution < 1.29 is 5.11 Å². The minimum absolute atomic E-state index is 0.0169. The summed E-state index contributed by atoms with van der Waals surface area (Å²) in [5, 5.41) is 9.35. The van der Waals surface area contributed by atoms with E-state index in [0.717, 1.165) is 0 Å². The number of fused-ring (bicyclic) bond motifs is 1. The molecular weight excluding hydrogens is 218 g/mol. The third-order valence-electron chi connectivity index (χ3n) is 3.12. The third-order valence-corrected chi connectivity index (χ3v) is 4.53. The van der Waals surface area contributed by atoms with Crippen molar-refractivity contribution in [2.75, 3.05) is 6.61 Å². The Morgan fingerprint density at radius 2 is 2.12 bits per heavy atom. The number of hydrogen-bond donors (Lipinski definition) is 2. The van der Waals surface area contributed by atoms with Crippen LogP contribution in [0.4, 0.5) is 0 Å². The van der Waals surface area contributed by atoms with Gasteiger partial charge >= 0.3 is 0 Å². The minimum atomic E-state index is 0.0169. The van der Waals surface area contributed by atoms with Crippen molar-refractivity contribution in [1.29, 1.82) is 0 Å². The van der Waals surface area contributed by atoms with E-state index in [1.807, 2.05) is 6.92 Å². The van der Waals surface area contributed by atoms with E-state index in [-0.39, 0.29) is 17.9 Å². The Bertz CT molecular complexity index is 365. The van der Waals surface area contributed by atoms with E-state index >= 15 is 0 Å². The summed E-state index contributed by atoms with van der Waals surface area (Å²) in [6.45, 7) is 2.08. The van der Waals surface area contributed by atoms with Crippen LogP contribution in [0.25, 0.3) is 0 Å². The monoisotopic (exact) mass is 237 g/mol. The molecule has 1 aromatic rings. The van der Waals surface area contributed by atoms with E-state index in [0.29, 0.717) is 0 Å². The zero-order valence-corrected chi connectivity index (χ0v) is 10.5. The number of aryl methyl sites for hydroxylation is 2. The molecule has 16 heavy (non-hydrogen) atoms. The van der Waals surface area contributed by atoms with Gasteiger partial charge in [0.1, 0.15) is 0 Å². The molecule has 2 unspecified atom stereocenters. The van der Waals surface area contributed by atoms with Gasteiger partial charge in [-0.2, -0.15) is 0 Å². The zero-order chi connectivity index (χ0) is 11.5. The molecule has 0 bridgehead atoms. The number of nitrogens with two attached hydrogens (primary N) is 1. The summed E-state index contributed by atoms with van der Waals surface area (Å²) in [5.74, 6) is 0. The first-order valence-corrected chi connectivity index (χ1v) is 6.73. The fourth-order valence-corrected chi connectivity index (χ4v) is 3.10. The van der Waals surface area contributed by atoms with Crippen molar-refractivity contribution in [2.24, 2.45) is 5.73 Å². The average Bonchev–Trinajstić information content (AvgIpc) is 2.72. The van der Waals surface area contributed by atoms with Gasteiger partial charge in [-0.15, -0.1) is 11.8 Å². The Hall–Kier alpha value is -0.510. The van der Waals surface area contributed by atoms with Crippen molar-refractivity contribution in [3.8, 4) is 0 Å². The lowest BCUT2D eigenvalue weighted by Crippen LogP contribution is -2.31. The molecule has 0 aromatic heterocycles. The van der Waals surface area contributed by atoms with Gasteiger partial charge in [-0.05, 0) is 49.4 Å². The van der Waals surface area contributed by atoms with Crippen LogP contribution >= 0.6 is 11.8 Å². The van der Waals surface area contributed by atoms with Crippen LogP contribution in [0.3, 0.4) is 0 Å². The van der Waals surface area contributed by atoms with Crippen molar-refractivity contribution >= 4 is 11.8 Å². The molecule has 0 fully saturated rings. The minimum Gasteiger partial charge on any atom is -0.395 e. The Morgan fingerprint density at radius 1 is 1.38 bits per heavy atom. The maximum atomic E-state index is 9.25. The molecule has 2 rings (SSSR count). The highest BCUT2D eigenvalue weighted by Gasteiger charge is 2.16. The second-order valence-electron chi connectivity index (χ2n) is 4.48. The molecule has 0 saturated carbocycles. The lowest BCUT2D eigenvalue weighted by Gasteiger charge is -2.17. The van der Waals surface area contributed by atoms with Crippen LogP contribution in [0.15, 0.2) is 23.1 Å². The van der Waals surface area contributed by atoms with Crippen LogP contribution in [0, 0.1) is 0 Å².